The summed E-state index contributed by atoms with van der Waals surface area (Å²) in [4.78, 5) is 1.98. The highest BCUT2D eigenvalue weighted by Crippen LogP contribution is 2.22. The van der Waals surface area contributed by atoms with Crippen LogP contribution in [0.1, 0.15) is 19.4 Å². The van der Waals surface area contributed by atoms with Gasteiger partial charge in [0.2, 0.25) is 0 Å². The van der Waals surface area contributed by atoms with Crippen LogP contribution in [0.15, 0.2) is 12.1 Å². The van der Waals surface area contributed by atoms with Gasteiger partial charge in [-0.2, -0.15) is 0 Å². The van der Waals surface area contributed by atoms with E-state index in [0.29, 0.717) is 18.0 Å². The maximum absolute atomic E-state index is 13.0. The van der Waals surface area contributed by atoms with E-state index in [-0.39, 0.29) is 0 Å². The molecule has 0 radical (unpaired) electrons. The second-order valence-electron chi connectivity index (χ2n) is 4.50. The first kappa shape index (κ1) is 12.9. The van der Waals surface area contributed by atoms with Gasteiger partial charge < -0.3 is 10.0 Å². The predicted octanol–water partition coefficient (Wildman–Crippen LogP) is 2.76. The lowest BCUT2D eigenvalue weighted by Crippen LogP contribution is -2.22. The quantitative estimate of drug-likeness (QED) is 0.858. The number of rotatable bonds is 4. The summed E-state index contributed by atoms with van der Waals surface area (Å²) < 4.78 is 26.1. The highest BCUT2D eigenvalue weighted by Gasteiger charge is 2.11. The van der Waals surface area contributed by atoms with Crippen molar-refractivity contribution in [2.24, 2.45) is 5.92 Å². The molecule has 0 aromatic heterocycles. The van der Waals surface area contributed by atoms with Crippen molar-refractivity contribution in [2.45, 2.75) is 20.4 Å². The van der Waals surface area contributed by atoms with Crippen LogP contribution in [-0.4, -0.2) is 23.6 Å². The fraction of sp³-hybridized carbons (Fsp3) is 0.500. The third kappa shape index (κ3) is 3.45. The summed E-state index contributed by atoms with van der Waals surface area (Å²) in [5.74, 6) is -2.23. The molecule has 1 N–H and O–H groups in total. The summed E-state index contributed by atoms with van der Waals surface area (Å²) in [5.41, 5.74) is 0.524. The molecule has 90 valence electrons. The summed E-state index contributed by atoms with van der Waals surface area (Å²) in [7, 11) is 1.89. The van der Waals surface area contributed by atoms with Crippen molar-refractivity contribution < 1.29 is 13.9 Å². The number of hydrogen-bond acceptors (Lipinski definition) is 2. The summed E-state index contributed by atoms with van der Waals surface area (Å²) >= 11 is 0. The molecule has 0 fully saturated rings. The molecule has 0 heterocycles. The van der Waals surface area contributed by atoms with E-state index in [1.54, 1.807) is 0 Å². The van der Waals surface area contributed by atoms with Crippen LogP contribution in [0.3, 0.4) is 0 Å². The second kappa shape index (κ2) is 5.25. The average Bonchev–Trinajstić information content (AvgIpc) is 2.12. The van der Waals surface area contributed by atoms with E-state index in [0.717, 1.165) is 18.7 Å². The fourth-order valence-corrected chi connectivity index (χ4v) is 1.71. The Morgan fingerprint density at radius 2 is 1.75 bits per heavy atom. The van der Waals surface area contributed by atoms with E-state index in [2.05, 4.69) is 13.8 Å². The van der Waals surface area contributed by atoms with Gasteiger partial charge in [0, 0.05) is 13.1 Å². The number of hydrogen-bond donors (Lipinski definition) is 1. The van der Waals surface area contributed by atoms with Gasteiger partial charge in [-0.25, -0.2) is 8.78 Å². The van der Waals surface area contributed by atoms with Gasteiger partial charge in [-0.3, -0.25) is 0 Å². The Hall–Kier alpha value is -1.16. The van der Waals surface area contributed by atoms with E-state index in [9.17, 15) is 8.78 Å². The Morgan fingerprint density at radius 1 is 1.25 bits per heavy atom. The van der Waals surface area contributed by atoms with E-state index in [1.165, 1.54) is 0 Å². The zero-order chi connectivity index (χ0) is 12.3. The van der Waals surface area contributed by atoms with E-state index < -0.39 is 17.4 Å². The molecule has 1 aromatic rings. The third-order valence-corrected chi connectivity index (χ3v) is 2.21. The van der Waals surface area contributed by atoms with E-state index in [4.69, 9.17) is 5.11 Å². The fourth-order valence-electron chi connectivity index (χ4n) is 1.71. The van der Waals surface area contributed by atoms with Crippen LogP contribution >= 0.6 is 0 Å². The van der Waals surface area contributed by atoms with Gasteiger partial charge in [0.25, 0.3) is 0 Å². The van der Waals surface area contributed by atoms with Gasteiger partial charge in [-0.1, -0.05) is 13.8 Å². The molecule has 2 nitrogen and oxygen atoms in total. The maximum Gasteiger partial charge on any atom is 0.187 e. The van der Waals surface area contributed by atoms with Crippen molar-refractivity contribution in [1.29, 1.82) is 0 Å². The van der Waals surface area contributed by atoms with Crippen molar-refractivity contribution >= 4 is 0 Å². The standard InChI is InChI=1S/C12H17F2NO/c1-8(2)6-15(3)7-9-4-10(13)12(16)11(14)5-9/h4-5,8,16H,6-7H2,1-3H3. The number of phenolic OH excluding ortho intramolecular Hbond substituents is 1. The lowest BCUT2D eigenvalue weighted by Gasteiger charge is -2.19. The molecule has 0 unspecified atom stereocenters. The first-order valence-electron chi connectivity index (χ1n) is 5.25. The Labute approximate surface area is 94.5 Å². The number of aromatic hydroxyl groups is 1. The van der Waals surface area contributed by atoms with Crippen LogP contribution in [0.2, 0.25) is 0 Å². The summed E-state index contributed by atoms with van der Waals surface area (Å²) in [5, 5.41) is 8.95. The van der Waals surface area contributed by atoms with Crippen LogP contribution in [0.4, 0.5) is 8.78 Å². The van der Waals surface area contributed by atoms with E-state index in [1.807, 2.05) is 11.9 Å². The molecule has 0 spiro atoms. The molecule has 0 amide bonds. The molecule has 0 saturated carbocycles. The molecular formula is C12H17F2NO. The van der Waals surface area contributed by atoms with Gasteiger partial charge in [-0.15, -0.1) is 0 Å². The van der Waals surface area contributed by atoms with Gasteiger partial charge in [0.1, 0.15) is 0 Å². The highest BCUT2D eigenvalue weighted by molar-refractivity contribution is 5.29. The Morgan fingerprint density at radius 3 is 2.19 bits per heavy atom. The minimum absolute atomic E-state index is 0.465. The van der Waals surface area contributed by atoms with Crippen molar-refractivity contribution in [3.63, 3.8) is 0 Å². The van der Waals surface area contributed by atoms with E-state index >= 15 is 0 Å². The molecule has 16 heavy (non-hydrogen) atoms. The highest BCUT2D eigenvalue weighted by atomic mass is 19.1. The van der Waals surface area contributed by atoms with Gasteiger partial charge in [0.15, 0.2) is 17.4 Å². The molecule has 1 rings (SSSR count). The summed E-state index contributed by atoms with van der Waals surface area (Å²) in [6.07, 6.45) is 0. The minimum atomic E-state index is -0.909. The molecule has 4 heteroatoms. The van der Waals surface area contributed by atoms with Gasteiger partial charge in [-0.05, 0) is 30.7 Å². The molecule has 0 saturated heterocycles. The monoisotopic (exact) mass is 229 g/mol. The van der Waals surface area contributed by atoms with Gasteiger partial charge >= 0.3 is 0 Å². The molecule has 0 atom stereocenters. The van der Waals surface area contributed by atoms with Crippen molar-refractivity contribution in [1.82, 2.24) is 4.90 Å². The molecule has 1 aromatic carbocycles. The average molecular weight is 229 g/mol. The Kier molecular flexibility index (Phi) is 4.24. The first-order valence-corrected chi connectivity index (χ1v) is 5.25. The smallest absolute Gasteiger partial charge is 0.187 e. The lowest BCUT2D eigenvalue weighted by molar-refractivity contribution is 0.287. The minimum Gasteiger partial charge on any atom is -0.503 e. The zero-order valence-electron chi connectivity index (χ0n) is 9.80. The zero-order valence-corrected chi connectivity index (χ0v) is 9.80. The van der Waals surface area contributed by atoms with Crippen molar-refractivity contribution in [3.05, 3.63) is 29.3 Å². The van der Waals surface area contributed by atoms with Crippen LogP contribution in [0.25, 0.3) is 0 Å². The number of benzene rings is 1. The topological polar surface area (TPSA) is 23.5 Å². The van der Waals surface area contributed by atoms with Crippen molar-refractivity contribution in [2.75, 3.05) is 13.6 Å². The van der Waals surface area contributed by atoms with Crippen LogP contribution in [-0.2, 0) is 6.54 Å². The maximum atomic E-state index is 13.0. The Balaban J connectivity index is 2.74. The van der Waals surface area contributed by atoms with Crippen molar-refractivity contribution in [3.8, 4) is 5.75 Å². The lowest BCUT2D eigenvalue weighted by atomic mass is 10.1. The molecule has 0 aliphatic rings. The second-order valence-corrected chi connectivity index (χ2v) is 4.50. The largest absolute Gasteiger partial charge is 0.503 e. The van der Waals surface area contributed by atoms with Crippen LogP contribution in [0.5, 0.6) is 5.75 Å². The van der Waals surface area contributed by atoms with Crippen LogP contribution in [0, 0.1) is 17.6 Å². The third-order valence-electron chi connectivity index (χ3n) is 2.21. The molecular weight excluding hydrogens is 212 g/mol. The normalized spacial score (nSPS) is 11.4. The number of phenols is 1. The SMILES string of the molecule is CC(C)CN(C)Cc1cc(F)c(O)c(F)c1. The number of halogens is 2. The number of nitrogens with zero attached hydrogens (tertiary/aromatic N) is 1. The van der Waals surface area contributed by atoms with Gasteiger partial charge in [0.05, 0.1) is 0 Å². The Bertz CT molecular complexity index is 343. The molecule has 0 aliphatic heterocycles. The molecule has 0 aliphatic carbocycles. The van der Waals surface area contributed by atoms with Crippen LogP contribution < -0.4 is 0 Å². The summed E-state index contributed by atoms with van der Waals surface area (Å²) in [6, 6.07) is 2.32. The summed E-state index contributed by atoms with van der Waals surface area (Å²) in [6.45, 7) is 5.47. The predicted molar refractivity (Wildman–Crippen MR) is 59.2 cm³/mol. The first-order chi connectivity index (χ1) is 7.40. The molecule has 0 bridgehead atoms.